The number of para-hydroxylation sites is 2. The predicted octanol–water partition coefficient (Wildman–Crippen LogP) is 2.31. The second-order valence-corrected chi connectivity index (χ2v) is 7.00. The molecule has 1 aromatic heterocycles. The van der Waals surface area contributed by atoms with Gasteiger partial charge in [0.2, 0.25) is 0 Å². The Balaban J connectivity index is 2.43. The summed E-state index contributed by atoms with van der Waals surface area (Å²) in [4.78, 5) is 12.4. The van der Waals surface area contributed by atoms with Crippen LogP contribution < -0.4 is 9.62 Å². The maximum atomic E-state index is 12.4. The van der Waals surface area contributed by atoms with E-state index in [4.69, 9.17) is 5.11 Å². The van der Waals surface area contributed by atoms with Crippen molar-refractivity contribution in [3.63, 3.8) is 0 Å². The second kappa shape index (κ2) is 5.74. The van der Waals surface area contributed by atoms with Gasteiger partial charge < -0.3 is 10.0 Å². The van der Waals surface area contributed by atoms with Crippen LogP contribution in [0.1, 0.15) is 9.67 Å². The van der Waals surface area contributed by atoms with Crippen LogP contribution in [0.5, 0.6) is 0 Å². The van der Waals surface area contributed by atoms with Crippen molar-refractivity contribution in [2.45, 2.75) is 4.90 Å². The Morgan fingerprint density at radius 3 is 2.52 bits per heavy atom. The number of anilines is 2. The number of aromatic carboxylic acids is 1. The molecule has 6 nitrogen and oxygen atoms in total. The molecule has 0 bridgehead atoms. The summed E-state index contributed by atoms with van der Waals surface area (Å²) in [6, 6.07) is 8.18. The minimum atomic E-state index is -3.95. The first-order valence-corrected chi connectivity index (χ1v) is 8.29. The number of hydrogen-bond donors (Lipinski definition) is 2. The van der Waals surface area contributed by atoms with E-state index in [-0.39, 0.29) is 9.77 Å². The molecule has 0 aliphatic carbocycles. The third-order valence-corrected chi connectivity index (χ3v) is 5.18. The number of thiophene rings is 1. The molecule has 112 valence electrons. The van der Waals surface area contributed by atoms with Crippen molar-refractivity contribution in [1.29, 1.82) is 0 Å². The molecule has 21 heavy (non-hydrogen) atoms. The summed E-state index contributed by atoms with van der Waals surface area (Å²) in [5.74, 6) is -1.26. The van der Waals surface area contributed by atoms with Crippen LogP contribution in [0.4, 0.5) is 11.4 Å². The van der Waals surface area contributed by atoms with Gasteiger partial charge in [-0.1, -0.05) is 12.1 Å². The average molecular weight is 326 g/mol. The largest absolute Gasteiger partial charge is 0.477 e. The Labute approximate surface area is 126 Å². The van der Waals surface area contributed by atoms with E-state index in [1.807, 2.05) is 0 Å². The summed E-state index contributed by atoms with van der Waals surface area (Å²) in [6.45, 7) is 0. The lowest BCUT2D eigenvalue weighted by Crippen LogP contribution is -2.18. The van der Waals surface area contributed by atoms with Crippen LogP contribution in [0, 0.1) is 0 Å². The van der Waals surface area contributed by atoms with Gasteiger partial charge in [-0.25, -0.2) is 13.2 Å². The van der Waals surface area contributed by atoms with Crippen molar-refractivity contribution in [3.8, 4) is 0 Å². The van der Waals surface area contributed by atoms with Crippen LogP contribution in [0.2, 0.25) is 0 Å². The normalized spacial score (nSPS) is 11.1. The van der Waals surface area contributed by atoms with Gasteiger partial charge in [-0.15, -0.1) is 11.3 Å². The molecule has 0 fully saturated rings. The Bertz CT molecular complexity index is 766. The zero-order valence-electron chi connectivity index (χ0n) is 11.4. The van der Waals surface area contributed by atoms with Gasteiger partial charge in [-0.05, 0) is 23.6 Å². The zero-order valence-corrected chi connectivity index (χ0v) is 13.0. The molecule has 0 saturated heterocycles. The number of carboxylic acids is 1. The first-order valence-electron chi connectivity index (χ1n) is 5.93. The van der Waals surface area contributed by atoms with Crippen LogP contribution >= 0.6 is 11.3 Å². The highest BCUT2D eigenvalue weighted by Crippen LogP contribution is 2.29. The topological polar surface area (TPSA) is 86.7 Å². The summed E-state index contributed by atoms with van der Waals surface area (Å²) in [7, 11) is -0.365. The van der Waals surface area contributed by atoms with E-state index in [1.165, 1.54) is 11.4 Å². The molecule has 0 aliphatic heterocycles. The van der Waals surface area contributed by atoms with Gasteiger partial charge in [0, 0.05) is 14.1 Å². The smallest absolute Gasteiger partial charge is 0.347 e. The minimum absolute atomic E-state index is 0.204. The molecule has 0 spiro atoms. The lowest BCUT2D eigenvalue weighted by Gasteiger charge is -2.18. The van der Waals surface area contributed by atoms with E-state index >= 15 is 0 Å². The van der Waals surface area contributed by atoms with Crippen molar-refractivity contribution in [1.82, 2.24) is 0 Å². The molecule has 8 heteroatoms. The summed E-state index contributed by atoms with van der Waals surface area (Å²) < 4.78 is 27.2. The highest BCUT2D eigenvalue weighted by Gasteiger charge is 2.24. The molecular formula is C13H14N2O4S2. The SMILES string of the molecule is CN(C)c1ccccc1NS(=O)(=O)c1ccsc1C(=O)O. The maximum absolute atomic E-state index is 12.4. The van der Waals surface area contributed by atoms with Gasteiger partial charge in [-0.2, -0.15) is 0 Å². The lowest BCUT2D eigenvalue weighted by atomic mass is 10.2. The van der Waals surface area contributed by atoms with Crippen molar-refractivity contribution in [3.05, 3.63) is 40.6 Å². The molecular weight excluding hydrogens is 312 g/mol. The number of carboxylic acid groups (broad SMARTS) is 1. The summed E-state index contributed by atoms with van der Waals surface area (Å²) >= 11 is 0.876. The Kier molecular flexibility index (Phi) is 4.19. The molecule has 0 amide bonds. The van der Waals surface area contributed by atoms with E-state index < -0.39 is 16.0 Å². The molecule has 1 aromatic carbocycles. The van der Waals surface area contributed by atoms with Crippen molar-refractivity contribution in [2.75, 3.05) is 23.7 Å². The van der Waals surface area contributed by atoms with E-state index in [2.05, 4.69) is 4.72 Å². The number of sulfonamides is 1. The van der Waals surface area contributed by atoms with E-state index in [0.717, 1.165) is 11.3 Å². The van der Waals surface area contributed by atoms with Crippen LogP contribution in [0.25, 0.3) is 0 Å². The van der Waals surface area contributed by atoms with E-state index in [9.17, 15) is 13.2 Å². The highest BCUT2D eigenvalue weighted by molar-refractivity contribution is 7.93. The van der Waals surface area contributed by atoms with Gasteiger partial charge in [0.05, 0.1) is 11.4 Å². The fraction of sp³-hybridized carbons (Fsp3) is 0.154. The van der Waals surface area contributed by atoms with Crippen molar-refractivity contribution < 1.29 is 18.3 Å². The first-order chi connectivity index (χ1) is 9.83. The van der Waals surface area contributed by atoms with E-state index in [1.54, 1.807) is 43.3 Å². The van der Waals surface area contributed by atoms with Crippen molar-refractivity contribution in [2.24, 2.45) is 0 Å². The molecule has 2 N–H and O–H groups in total. The lowest BCUT2D eigenvalue weighted by molar-refractivity contribution is 0.0698. The molecule has 0 atom stereocenters. The number of hydrogen-bond acceptors (Lipinski definition) is 5. The number of benzene rings is 1. The summed E-state index contributed by atoms with van der Waals surface area (Å²) in [5.41, 5.74) is 1.08. The predicted molar refractivity (Wildman–Crippen MR) is 82.9 cm³/mol. The minimum Gasteiger partial charge on any atom is -0.477 e. The zero-order chi connectivity index (χ0) is 15.6. The summed E-state index contributed by atoms with van der Waals surface area (Å²) in [5, 5.41) is 10.5. The monoisotopic (exact) mass is 326 g/mol. The van der Waals surface area contributed by atoms with Gasteiger partial charge in [0.15, 0.2) is 0 Å². The number of nitrogens with one attached hydrogen (secondary N) is 1. The number of carbonyl (C=O) groups is 1. The molecule has 2 rings (SSSR count). The van der Waals surface area contributed by atoms with Crippen LogP contribution in [0.15, 0.2) is 40.6 Å². The van der Waals surface area contributed by atoms with Gasteiger partial charge in [0.25, 0.3) is 10.0 Å². The Morgan fingerprint density at radius 1 is 1.24 bits per heavy atom. The summed E-state index contributed by atoms with van der Waals surface area (Å²) in [6.07, 6.45) is 0. The fourth-order valence-electron chi connectivity index (χ4n) is 1.81. The molecule has 0 aliphatic rings. The third kappa shape index (κ3) is 3.17. The molecule has 0 unspecified atom stereocenters. The maximum Gasteiger partial charge on any atom is 0.347 e. The van der Waals surface area contributed by atoms with Crippen LogP contribution in [-0.2, 0) is 10.0 Å². The van der Waals surface area contributed by atoms with Crippen LogP contribution in [-0.4, -0.2) is 33.6 Å². The second-order valence-electron chi connectivity index (χ2n) is 4.44. The molecule has 1 heterocycles. The quantitative estimate of drug-likeness (QED) is 0.880. The Morgan fingerprint density at radius 2 is 1.90 bits per heavy atom. The van der Waals surface area contributed by atoms with Crippen LogP contribution in [0.3, 0.4) is 0 Å². The third-order valence-electron chi connectivity index (χ3n) is 2.74. The van der Waals surface area contributed by atoms with Crippen molar-refractivity contribution >= 4 is 38.7 Å². The fourth-order valence-corrected chi connectivity index (χ4v) is 4.15. The highest BCUT2D eigenvalue weighted by atomic mass is 32.2. The van der Waals surface area contributed by atoms with Gasteiger partial charge >= 0.3 is 5.97 Å². The Hall–Kier alpha value is -2.06. The van der Waals surface area contributed by atoms with E-state index in [0.29, 0.717) is 11.4 Å². The number of nitrogens with zero attached hydrogens (tertiary/aromatic N) is 1. The van der Waals surface area contributed by atoms with Gasteiger partial charge in [-0.3, -0.25) is 4.72 Å². The molecule has 0 radical (unpaired) electrons. The molecule has 2 aromatic rings. The van der Waals surface area contributed by atoms with Gasteiger partial charge in [0.1, 0.15) is 9.77 Å². The number of rotatable bonds is 5. The first kappa shape index (κ1) is 15.3. The average Bonchev–Trinajstić information content (AvgIpc) is 2.88. The standard InChI is InChI=1S/C13H14N2O4S2/c1-15(2)10-6-4-3-5-9(10)14-21(18,19)11-7-8-20-12(11)13(16)17/h3-8,14H,1-2H3,(H,16,17). The molecule has 0 saturated carbocycles.